The molecule has 0 amide bonds. The molecule has 0 saturated carbocycles. The van der Waals surface area contributed by atoms with Gasteiger partial charge in [0.2, 0.25) is 0 Å². The Morgan fingerprint density at radius 1 is 1.28 bits per heavy atom. The molecule has 0 aliphatic heterocycles. The molecule has 8 heteroatoms. The summed E-state index contributed by atoms with van der Waals surface area (Å²) < 4.78 is 16.4. The number of nitro benzene ring substituents is 1. The van der Waals surface area contributed by atoms with Crippen molar-refractivity contribution in [3.05, 3.63) is 31.2 Å². The topological polar surface area (TPSA) is 70.8 Å². The van der Waals surface area contributed by atoms with Gasteiger partial charge in [-0.1, -0.05) is 0 Å². The van der Waals surface area contributed by atoms with Gasteiger partial charge in [-0.05, 0) is 31.9 Å². The van der Waals surface area contributed by atoms with Gasteiger partial charge in [0.15, 0.2) is 6.29 Å². The molecular formula is C10H11Br2NO5. The molecular weight excluding hydrogens is 374 g/mol. The van der Waals surface area contributed by atoms with Gasteiger partial charge < -0.3 is 14.2 Å². The van der Waals surface area contributed by atoms with Crippen LogP contribution in [-0.4, -0.2) is 32.0 Å². The summed E-state index contributed by atoms with van der Waals surface area (Å²) in [6.07, 6.45) is -0.501. The Labute approximate surface area is 121 Å². The smallest absolute Gasteiger partial charge is 0.271 e. The molecule has 0 radical (unpaired) electrons. The van der Waals surface area contributed by atoms with Crippen molar-refractivity contribution < 1.29 is 19.1 Å². The van der Waals surface area contributed by atoms with Crippen molar-refractivity contribution in [1.82, 2.24) is 0 Å². The summed E-state index contributed by atoms with van der Waals surface area (Å²) in [4.78, 5) is 10.2. The third-order valence-electron chi connectivity index (χ3n) is 2.08. The number of ether oxygens (including phenoxy) is 3. The third kappa shape index (κ3) is 3.91. The fourth-order valence-electron chi connectivity index (χ4n) is 1.17. The Balaban J connectivity index is 2.87. The monoisotopic (exact) mass is 383 g/mol. The van der Waals surface area contributed by atoms with Crippen LogP contribution in [0.25, 0.3) is 0 Å². The predicted octanol–water partition coefficient (Wildman–Crippen LogP) is 3.12. The second kappa shape index (κ2) is 7.03. The van der Waals surface area contributed by atoms with Crippen LogP contribution in [0.5, 0.6) is 5.75 Å². The predicted molar refractivity (Wildman–Crippen MR) is 71.8 cm³/mol. The lowest BCUT2D eigenvalue weighted by Gasteiger charge is -2.16. The summed E-state index contributed by atoms with van der Waals surface area (Å²) in [7, 11) is 2.99. The molecule has 18 heavy (non-hydrogen) atoms. The largest absolute Gasteiger partial charge is 0.486 e. The van der Waals surface area contributed by atoms with Crippen LogP contribution < -0.4 is 4.74 Å². The SMILES string of the molecule is COC(COc1c(Br)cc([N+](=O)[O-])cc1Br)OC. The summed E-state index contributed by atoms with van der Waals surface area (Å²) in [6, 6.07) is 2.74. The van der Waals surface area contributed by atoms with Gasteiger partial charge in [0, 0.05) is 26.4 Å². The Morgan fingerprint density at radius 2 is 1.78 bits per heavy atom. The van der Waals surface area contributed by atoms with E-state index < -0.39 is 11.2 Å². The van der Waals surface area contributed by atoms with E-state index in [0.29, 0.717) is 14.7 Å². The number of benzene rings is 1. The zero-order valence-electron chi connectivity index (χ0n) is 9.68. The maximum atomic E-state index is 10.7. The van der Waals surface area contributed by atoms with Crippen LogP contribution in [0, 0.1) is 10.1 Å². The summed E-state index contributed by atoms with van der Waals surface area (Å²) >= 11 is 6.44. The average molecular weight is 385 g/mol. The quantitative estimate of drug-likeness (QED) is 0.428. The lowest BCUT2D eigenvalue weighted by Crippen LogP contribution is -2.22. The van der Waals surface area contributed by atoms with Crippen molar-refractivity contribution in [3.8, 4) is 5.75 Å². The van der Waals surface area contributed by atoms with E-state index in [1.54, 1.807) is 0 Å². The molecule has 0 bridgehead atoms. The lowest BCUT2D eigenvalue weighted by molar-refractivity contribution is -0.385. The first-order valence-corrected chi connectivity index (χ1v) is 6.40. The zero-order valence-corrected chi connectivity index (χ0v) is 12.9. The number of nitro groups is 1. The molecule has 0 N–H and O–H groups in total. The molecule has 1 rings (SSSR count). The van der Waals surface area contributed by atoms with E-state index in [1.807, 2.05) is 0 Å². The molecule has 1 aromatic carbocycles. The Bertz CT molecular complexity index is 413. The minimum atomic E-state index is -0.501. The standard InChI is InChI=1S/C10H11Br2NO5/c1-16-9(17-2)5-18-10-7(11)3-6(13(14)15)4-8(10)12/h3-4,9H,5H2,1-2H3. The summed E-state index contributed by atoms with van der Waals surface area (Å²) in [5.74, 6) is 0.458. The van der Waals surface area contributed by atoms with Crippen molar-refractivity contribution in [2.75, 3.05) is 20.8 Å². The number of non-ortho nitro benzene ring substituents is 1. The fraction of sp³-hybridized carbons (Fsp3) is 0.400. The second-order valence-corrected chi connectivity index (χ2v) is 4.92. The van der Waals surface area contributed by atoms with E-state index in [2.05, 4.69) is 31.9 Å². The molecule has 0 saturated heterocycles. The molecule has 0 aliphatic carbocycles. The summed E-state index contributed by atoms with van der Waals surface area (Å²) in [6.45, 7) is 0.169. The maximum Gasteiger partial charge on any atom is 0.271 e. The van der Waals surface area contributed by atoms with Crippen molar-refractivity contribution in [1.29, 1.82) is 0 Å². The average Bonchev–Trinajstić information content (AvgIpc) is 2.32. The number of rotatable bonds is 6. The van der Waals surface area contributed by atoms with Gasteiger partial charge in [-0.25, -0.2) is 0 Å². The van der Waals surface area contributed by atoms with Crippen molar-refractivity contribution in [2.45, 2.75) is 6.29 Å². The van der Waals surface area contributed by atoms with Crippen LogP contribution in [0.4, 0.5) is 5.69 Å². The minimum absolute atomic E-state index is 0.0314. The first-order chi connectivity index (χ1) is 8.49. The van der Waals surface area contributed by atoms with Gasteiger partial charge in [0.25, 0.3) is 5.69 Å². The Morgan fingerprint density at radius 3 is 2.17 bits per heavy atom. The van der Waals surface area contributed by atoms with Crippen LogP contribution in [0.15, 0.2) is 21.1 Å². The highest BCUT2D eigenvalue weighted by Gasteiger charge is 2.16. The van der Waals surface area contributed by atoms with Gasteiger partial charge in [0.1, 0.15) is 12.4 Å². The normalized spacial score (nSPS) is 10.7. The van der Waals surface area contributed by atoms with Gasteiger partial charge in [-0.15, -0.1) is 0 Å². The van der Waals surface area contributed by atoms with E-state index in [-0.39, 0.29) is 12.3 Å². The second-order valence-electron chi connectivity index (χ2n) is 3.21. The highest BCUT2D eigenvalue weighted by molar-refractivity contribution is 9.11. The molecule has 6 nitrogen and oxygen atoms in total. The summed E-state index contributed by atoms with van der Waals surface area (Å²) in [5.41, 5.74) is -0.0314. The highest BCUT2D eigenvalue weighted by Crippen LogP contribution is 2.37. The number of halogens is 2. The molecule has 0 unspecified atom stereocenters. The number of hydrogen-bond acceptors (Lipinski definition) is 5. The highest BCUT2D eigenvalue weighted by atomic mass is 79.9. The molecule has 100 valence electrons. The molecule has 1 aromatic rings. The van der Waals surface area contributed by atoms with Crippen molar-refractivity contribution >= 4 is 37.5 Å². The minimum Gasteiger partial charge on any atom is -0.486 e. The first kappa shape index (κ1) is 15.4. The molecule has 0 aromatic heterocycles. The third-order valence-corrected chi connectivity index (χ3v) is 3.26. The zero-order chi connectivity index (χ0) is 13.7. The molecule has 0 fully saturated rings. The molecule has 0 aliphatic rings. The molecule has 0 atom stereocenters. The fourth-order valence-corrected chi connectivity index (χ4v) is 2.56. The van der Waals surface area contributed by atoms with E-state index in [1.165, 1.54) is 26.4 Å². The van der Waals surface area contributed by atoms with E-state index in [4.69, 9.17) is 14.2 Å². The lowest BCUT2D eigenvalue weighted by atomic mass is 10.3. The summed E-state index contributed by atoms with van der Waals surface area (Å²) in [5, 5.41) is 10.7. The maximum absolute atomic E-state index is 10.7. The number of nitrogens with zero attached hydrogens (tertiary/aromatic N) is 1. The van der Waals surface area contributed by atoms with E-state index in [0.717, 1.165) is 0 Å². The van der Waals surface area contributed by atoms with Crippen LogP contribution in [0.1, 0.15) is 0 Å². The van der Waals surface area contributed by atoms with Crippen molar-refractivity contribution in [2.24, 2.45) is 0 Å². The van der Waals surface area contributed by atoms with Crippen LogP contribution >= 0.6 is 31.9 Å². The number of hydrogen-bond donors (Lipinski definition) is 0. The molecule has 0 heterocycles. The first-order valence-electron chi connectivity index (χ1n) is 4.81. The number of methoxy groups -OCH3 is 2. The van der Waals surface area contributed by atoms with Gasteiger partial charge in [0.05, 0.1) is 13.9 Å². The van der Waals surface area contributed by atoms with Crippen LogP contribution in [0.2, 0.25) is 0 Å². The van der Waals surface area contributed by atoms with E-state index in [9.17, 15) is 10.1 Å². The Hall–Kier alpha value is -0.700. The van der Waals surface area contributed by atoms with Gasteiger partial charge in [-0.3, -0.25) is 10.1 Å². The Kier molecular flexibility index (Phi) is 6.00. The van der Waals surface area contributed by atoms with Gasteiger partial charge in [-0.2, -0.15) is 0 Å². The molecule has 0 spiro atoms. The van der Waals surface area contributed by atoms with Crippen LogP contribution in [0.3, 0.4) is 0 Å². The van der Waals surface area contributed by atoms with E-state index >= 15 is 0 Å². The van der Waals surface area contributed by atoms with Crippen LogP contribution in [-0.2, 0) is 9.47 Å². The van der Waals surface area contributed by atoms with Gasteiger partial charge >= 0.3 is 0 Å². The van der Waals surface area contributed by atoms with Crippen molar-refractivity contribution in [3.63, 3.8) is 0 Å².